The third kappa shape index (κ3) is 3.37. The van der Waals surface area contributed by atoms with Gasteiger partial charge in [0.15, 0.2) is 0 Å². The molecule has 2 N–H and O–H groups in total. The lowest BCUT2D eigenvalue weighted by Gasteiger charge is -2.54. The minimum Gasteiger partial charge on any atom is -0.377 e. The Morgan fingerprint density at radius 2 is 2.05 bits per heavy atom. The van der Waals surface area contributed by atoms with Gasteiger partial charge >= 0.3 is 0 Å². The van der Waals surface area contributed by atoms with Gasteiger partial charge in [-0.3, -0.25) is 4.90 Å². The SMILES string of the molecule is CCCOC1CCCN(C2(CN)CC(C)CCC2C)C1. The van der Waals surface area contributed by atoms with E-state index in [9.17, 15) is 0 Å². The summed E-state index contributed by atoms with van der Waals surface area (Å²) in [5.41, 5.74) is 6.51. The lowest BCUT2D eigenvalue weighted by molar-refractivity contribution is -0.0703. The van der Waals surface area contributed by atoms with Crippen LogP contribution in [0.3, 0.4) is 0 Å². The van der Waals surface area contributed by atoms with Crippen molar-refractivity contribution in [2.75, 3.05) is 26.2 Å². The first-order valence-electron chi connectivity index (χ1n) is 8.69. The fraction of sp³-hybridized carbons (Fsp3) is 1.00. The van der Waals surface area contributed by atoms with Gasteiger partial charge in [-0.15, -0.1) is 0 Å². The van der Waals surface area contributed by atoms with Gasteiger partial charge in [-0.2, -0.15) is 0 Å². The second kappa shape index (κ2) is 7.24. The van der Waals surface area contributed by atoms with Gasteiger partial charge < -0.3 is 10.5 Å². The maximum atomic E-state index is 6.28. The molecule has 4 atom stereocenters. The monoisotopic (exact) mass is 282 g/mol. The summed E-state index contributed by atoms with van der Waals surface area (Å²) in [5, 5.41) is 0. The molecule has 1 saturated heterocycles. The molecule has 118 valence electrons. The Morgan fingerprint density at radius 3 is 2.75 bits per heavy atom. The fourth-order valence-corrected chi connectivity index (χ4v) is 4.33. The van der Waals surface area contributed by atoms with Crippen molar-refractivity contribution in [1.29, 1.82) is 0 Å². The maximum Gasteiger partial charge on any atom is 0.0702 e. The summed E-state index contributed by atoms with van der Waals surface area (Å²) in [6.07, 6.45) is 7.99. The molecule has 0 aromatic carbocycles. The average Bonchev–Trinajstić information content (AvgIpc) is 2.48. The van der Waals surface area contributed by atoms with Crippen LogP contribution in [0.4, 0.5) is 0 Å². The van der Waals surface area contributed by atoms with E-state index >= 15 is 0 Å². The highest BCUT2D eigenvalue weighted by Crippen LogP contribution is 2.41. The molecule has 3 heteroatoms. The molecule has 2 rings (SSSR count). The van der Waals surface area contributed by atoms with Crippen LogP contribution in [0.1, 0.15) is 59.3 Å². The normalized spacial score (nSPS) is 39.9. The number of ether oxygens (including phenoxy) is 1. The summed E-state index contributed by atoms with van der Waals surface area (Å²) < 4.78 is 6.02. The molecule has 0 aromatic rings. The van der Waals surface area contributed by atoms with Crippen molar-refractivity contribution in [3.63, 3.8) is 0 Å². The molecule has 4 unspecified atom stereocenters. The molecule has 2 fully saturated rings. The fourth-order valence-electron chi connectivity index (χ4n) is 4.33. The van der Waals surface area contributed by atoms with Crippen molar-refractivity contribution in [3.05, 3.63) is 0 Å². The predicted octanol–water partition coefficient (Wildman–Crippen LogP) is 3.03. The summed E-state index contributed by atoms with van der Waals surface area (Å²) in [6, 6.07) is 0. The van der Waals surface area contributed by atoms with E-state index in [4.69, 9.17) is 10.5 Å². The van der Waals surface area contributed by atoms with Crippen LogP contribution in [-0.4, -0.2) is 42.8 Å². The summed E-state index contributed by atoms with van der Waals surface area (Å²) >= 11 is 0. The molecule has 3 nitrogen and oxygen atoms in total. The maximum absolute atomic E-state index is 6.28. The Hall–Kier alpha value is -0.120. The zero-order valence-corrected chi connectivity index (χ0v) is 13.7. The Labute approximate surface area is 125 Å². The third-order valence-corrected chi connectivity index (χ3v) is 5.63. The van der Waals surface area contributed by atoms with Gasteiger partial charge in [0.25, 0.3) is 0 Å². The van der Waals surface area contributed by atoms with Crippen LogP contribution in [0, 0.1) is 11.8 Å². The Morgan fingerprint density at radius 1 is 1.25 bits per heavy atom. The van der Waals surface area contributed by atoms with E-state index in [1.54, 1.807) is 0 Å². The van der Waals surface area contributed by atoms with Crippen LogP contribution in [0.2, 0.25) is 0 Å². The van der Waals surface area contributed by atoms with Crippen LogP contribution in [0.5, 0.6) is 0 Å². The van der Waals surface area contributed by atoms with Gasteiger partial charge in [0, 0.05) is 25.2 Å². The van der Waals surface area contributed by atoms with Crippen molar-refractivity contribution in [1.82, 2.24) is 4.90 Å². The molecule has 2 aliphatic rings. The van der Waals surface area contributed by atoms with E-state index in [1.807, 2.05) is 0 Å². The zero-order valence-electron chi connectivity index (χ0n) is 13.7. The highest BCUT2D eigenvalue weighted by molar-refractivity contribution is 5.01. The molecular formula is C17H34N2O. The number of piperidine rings is 1. The highest BCUT2D eigenvalue weighted by Gasteiger charge is 2.45. The Balaban J connectivity index is 2.05. The van der Waals surface area contributed by atoms with E-state index in [-0.39, 0.29) is 5.54 Å². The number of hydrogen-bond donors (Lipinski definition) is 1. The summed E-state index contributed by atoms with van der Waals surface area (Å²) in [7, 11) is 0. The first-order chi connectivity index (χ1) is 9.62. The molecular weight excluding hydrogens is 248 g/mol. The van der Waals surface area contributed by atoms with E-state index in [1.165, 1.54) is 38.6 Å². The summed E-state index contributed by atoms with van der Waals surface area (Å²) in [6.45, 7) is 11.0. The lowest BCUT2D eigenvalue weighted by Crippen LogP contribution is -2.63. The minimum absolute atomic E-state index is 0.228. The van der Waals surface area contributed by atoms with Crippen molar-refractivity contribution >= 4 is 0 Å². The molecule has 1 aliphatic heterocycles. The Bertz CT molecular complexity index is 297. The quantitative estimate of drug-likeness (QED) is 0.842. The Kier molecular flexibility index (Phi) is 5.88. The number of rotatable bonds is 5. The van der Waals surface area contributed by atoms with Gasteiger partial charge in [-0.25, -0.2) is 0 Å². The van der Waals surface area contributed by atoms with Crippen LogP contribution >= 0.6 is 0 Å². The molecule has 1 aliphatic carbocycles. The van der Waals surface area contributed by atoms with Crippen molar-refractivity contribution < 1.29 is 4.74 Å². The predicted molar refractivity (Wildman–Crippen MR) is 84.8 cm³/mol. The average molecular weight is 282 g/mol. The first kappa shape index (κ1) is 16.3. The number of likely N-dealkylation sites (tertiary alicyclic amines) is 1. The van der Waals surface area contributed by atoms with Gasteiger partial charge in [-0.1, -0.05) is 27.2 Å². The largest absolute Gasteiger partial charge is 0.377 e. The van der Waals surface area contributed by atoms with Crippen molar-refractivity contribution in [2.45, 2.75) is 70.9 Å². The third-order valence-electron chi connectivity index (χ3n) is 5.63. The van der Waals surface area contributed by atoms with Crippen molar-refractivity contribution in [2.24, 2.45) is 17.6 Å². The highest BCUT2D eigenvalue weighted by atomic mass is 16.5. The number of hydrogen-bond acceptors (Lipinski definition) is 3. The van der Waals surface area contributed by atoms with E-state index in [0.717, 1.165) is 32.0 Å². The van der Waals surface area contributed by atoms with Crippen molar-refractivity contribution in [3.8, 4) is 0 Å². The van der Waals surface area contributed by atoms with Gasteiger partial charge in [0.2, 0.25) is 0 Å². The molecule has 0 spiro atoms. The molecule has 0 aromatic heterocycles. The van der Waals surface area contributed by atoms with E-state index < -0.39 is 0 Å². The molecule has 20 heavy (non-hydrogen) atoms. The molecule has 0 amide bonds. The molecule has 0 radical (unpaired) electrons. The standard InChI is InChI=1S/C17H34N2O/c1-4-10-20-16-6-5-9-19(12-16)17(13-18)11-14(2)7-8-15(17)3/h14-16H,4-13,18H2,1-3H3. The van der Waals surface area contributed by atoms with Gasteiger partial charge in [-0.05, 0) is 50.5 Å². The second-order valence-electron chi connectivity index (χ2n) is 7.18. The molecule has 0 bridgehead atoms. The van der Waals surface area contributed by atoms with Crippen LogP contribution in [0.15, 0.2) is 0 Å². The number of nitrogens with two attached hydrogens (primary N) is 1. The zero-order chi connectivity index (χ0) is 14.6. The molecule has 1 heterocycles. The molecule has 1 saturated carbocycles. The summed E-state index contributed by atoms with van der Waals surface area (Å²) in [4.78, 5) is 2.69. The second-order valence-corrected chi connectivity index (χ2v) is 7.18. The van der Waals surface area contributed by atoms with E-state index in [2.05, 4.69) is 25.7 Å². The van der Waals surface area contributed by atoms with Gasteiger partial charge in [0.1, 0.15) is 0 Å². The lowest BCUT2D eigenvalue weighted by atomic mass is 9.68. The van der Waals surface area contributed by atoms with Crippen LogP contribution < -0.4 is 5.73 Å². The van der Waals surface area contributed by atoms with Crippen LogP contribution in [0.25, 0.3) is 0 Å². The topological polar surface area (TPSA) is 38.5 Å². The number of nitrogens with zero attached hydrogens (tertiary/aromatic N) is 1. The first-order valence-corrected chi connectivity index (χ1v) is 8.69. The minimum atomic E-state index is 0.228. The summed E-state index contributed by atoms with van der Waals surface area (Å²) in [5.74, 6) is 1.53. The van der Waals surface area contributed by atoms with Crippen LogP contribution in [-0.2, 0) is 4.74 Å². The smallest absolute Gasteiger partial charge is 0.0702 e. The van der Waals surface area contributed by atoms with E-state index in [0.29, 0.717) is 12.0 Å². The van der Waals surface area contributed by atoms with Gasteiger partial charge in [0.05, 0.1) is 6.10 Å².